The maximum atomic E-state index is 12.6. The Morgan fingerprint density at radius 3 is 2.77 bits per heavy atom. The molecular weight excluding hydrogens is 416 g/mol. The molecule has 1 amide bonds. The molecule has 2 aromatic heterocycles. The van der Waals surface area contributed by atoms with Gasteiger partial charge in [0.25, 0.3) is 5.91 Å². The van der Waals surface area contributed by atoms with Gasteiger partial charge in [-0.25, -0.2) is 9.78 Å². The molecular formula is C23H19ClN4O3. The van der Waals surface area contributed by atoms with E-state index in [1.807, 2.05) is 12.1 Å². The highest BCUT2D eigenvalue weighted by molar-refractivity contribution is 6.31. The van der Waals surface area contributed by atoms with E-state index in [-0.39, 0.29) is 0 Å². The van der Waals surface area contributed by atoms with E-state index in [2.05, 4.69) is 20.3 Å². The van der Waals surface area contributed by atoms with Crippen molar-refractivity contribution in [3.63, 3.8) is 0 Å². The minimum absolute atomic E-state index is 0.312. The van der Waals surface area contributed by atoms with E-state index in [9.17, 15) is 9.59 Å². The van der Waals surface area contributed by atoms with Gasteiger partial charge in [0.2, 0.25) is 0 Å². The Kier molecular flexibility index (Phi) is 5.68. The van der Waals surface area contributed by atoms with Gasteiger partial charge in [-0.3, -0.25) is 9.78 Å². The highest BCUT2D eigenvalue weighted by Gasteiger charge is 2.20. The molecule has 0 saturated carbocycles. The zero-order valence-corrected chi connectivity index (χ0v) is 17.6. The number of aromatic nitrogens is 3. The van der Waals surface area contributed by atoms with Crippen LogP contribution >= 0.6 is 11.6 Å². The maximum absolute atomic E-state index is 12.6. The topological polar surface area (TPSA) is 97.0 Å². The van der Waals surface area contributed by atoms with E-state index < -0.39 is 18.0 Å². The number of rotatable bonds is 5. The monoisotopic (exact) mass is 434 g/mol. The van der Waals surface area contributed by atoms with Crippen molar-refractivity contribution in [1.82, 2.24) is 15.0 Å². The second kappa shape index (κ2) is 8.57. The number of hydrogen-bond acceptors (Lipinski definition) is 5. The number of pyridine rings is 1. The van der Waals surface area contributed by atoms with Crippen LogP contribution in [0.15, 0.2) is 60.9 Å². The number of ether oxygens (including phenoxy) is 1. The molecule has 2 heterocycles. The number of carbonyl (C=O) groups is 2. The van der Waals surface area contributed by atoms with E-state index in [0.29, 0.717) is 33.1 Å². The predicted octanol–water partition coefficient (Wildman–Crippen LogP) is 4.77. The van der Waals surface area contributed by atoms with Crippen LogP contribution in [-0.2, 0) is 9.53 Å². The zero-order chi connectivity index (χ0) is 22.0. The van der Waals surface area contributed by atoms with Crippen molar-refractivity contribution in [2.75, 3.05) is 5.32 Å². The summed E-state index contributed by atoms with van der Waals surface area (Å²) in [5, 5.41) is 3.28. The molecule has 0 radical (unpaired) electrons. The third-order valence-electron chi connectivity index (χ3n) is 4.83. The quantitative estimate of drug-likeness (QED) is 0.441. The molecule has 4 aromatic rings. The van der Waals surface area contributed by atoms with Crippen LogP contribution < -0.4 is 5.32 Å². The summed E-state index contributed by atoms with van der Waals surface area (Å²) in [6.07, 6.45) is 2.40. The first kappa shape index (κ1) is 20.6. The Hall–Kier alpha value is -3.71. The molecule has 0 aliphatic rings. The first-order chi connectivity index (χ1) is 14.9. The number of anilines is 1. The Labute approximate surface area is 183 Å². The lowest BCUT2D eigenvalue weighted by Crippen LogP contribution is -2.30. The van der Waals surface area contributed by atoms with Gasteiger partial charge in [-0.15, -0.1) is 0 Å². The minimum atomic E-state index is -0.991. The van der Waals surface area contributed by atoms with Gasteiger partial charge in [0, 0.05) is 28.7 Å². The molecule has 0 bridgehead atoms. The molecule has 1 atom stereocenters. The van der Waals surface area contributed by atoms with Crippen LogP contribution in [0.1, 0.15) is 22.8 Å². The number of nitrogens with zero attached hydrogens (tertiary/aromatic N) is 2. The Balaban J connectivity index is 1.47. The predicted molar refractivity (Wildman–Crippen MR) is 119 cm³/mol. The normalized spacial score (nSPS) is 11.8. The third-order valence-corrected chi connectivity index (χ3v) is 5.24. The van der Waals surface area contributed by atoms with E-state index in [1.165, 1.54) is 6.92 Å². The maximum Gasteiger partial charge on any atom is 0.338 e. The van der Waals surface area contributed by atoms with Crippen molar-refractivity contribution in [2.45, 2.75) is 20.0 Å². The highest BCUT2D eigenvalue weighted by atomic mass is 35.5. The fourth-order valence-corrected chi connectivity index (χ4v) is 3.21. The first-order valence-electron chi connectivity index (χ1n) is 9.59. The number of fused-ring (bicyclic) bond motifs is 1. The summed E-state index contributed by atoms with van der Waals surface area (Å²) < 4.78 is 5.35. The van der Waals surface area contributed by atoms with Crippen LogP contribution in [0, 0.1) is 6.92 Å². The second-order valence-corrected chi connectivity index (χ2v) is 7.42. The van der Waals surface area contributed by atoms with E-state index >= 15 is 0 Å². The molecule has 2 N–H and O–H groups in total. The summed E-state index contributed by atoms with van der Waals surface area (Å²) in [5.41, 5.74) is 3.85. The van der Waals surface area contributed by atoms with Crippen LogP contribution in [0.3, 0.4) is 0 Å². The molecule has 7 nitrogen and oxygen atoms in total. The largest absolute Gasteiger partial charge is 0.449 e. The standard InChI is InChI=1S/C23H19ClN4O3/c1-13-17(24)6-3-7-18(13)28-22(29)14(2)31-23(30)15-8-9-19-20(11-15)27-21(26-19)16-5-4-10-25-12-16/h3-12,14H,1-2H3,(H,26,27)(H,28,29). The summed E-state index contributed by atoms with van der Waals surface area (Å²) in [6.45, 7) is 3.32. The van der Waals surface area contributed by atoms with Gasteiger partial charge >= 0.3 is 5.97 Å². The number of benzene rings is 2. The number of aromatic amines is 1. The van der Waals surface area contributed by atoms with Crippen LogP contribution in [0.25, 0.3) is 22.4 Å². The SMILES string of the molecule is Cc1c(Cl)cccc1NC(=O)C(C)OC(=O)c1ccc2nc(-c3cccnc3)[nH]c2c1. The van der Waals surface area contributed by atoms with E-state index in [4.69, 9.17) is 16.3 Å². The Morgan fingerprint density at radius 1 is 1.16 bits per heavy atom. The number of esters is 1. The summed E-state index contributed by atoms with van der Waals surface area (Å²) in [5.74, 6) is -0.400. The first-order valence-corrected chi connectivity index (χ1v) is 9.97. The van der Waals surface area contributed by atoms with Gasteiger partial charge in [-0.05, 0) is 61.9 Å². The summed E-state index contributed by atoms with van der Waals surface area (Å²) in [7, 11) is 0. The average molecular weight is 435 g/mol. The number of carbonyl (C=O) groups excluding carboxylic acids is 2. The van der Waals surface area contributed by atoms with E-state index in [0.717, 1.165) is 11.1 Å². The van der Waals surface area contributed by atoms with Crippen LogP contribution in [0.5, 0.6) is 0 Å². The molecule has 1 unspecified atom stereocenters. The fraction of sp³-hybridized carbons (Fsp3) is 0.130. The van der Waals surface area contributed by atoms with Crippen molar-refractivity contribution in [3.8, 4) is 11.4 Å². The fourth-order valence-electron chi connectivity index (χ4n) is 3.04. The van der Waals surface area contributed by atoms with Crippen molar-refractivity contribution in [2.24, 2.45) is 0 Å². The highest BCUT2D eigenvalue weighted by Crippen LogP contribution is 2.24. The van der Waals surface area contributed by atoms with Crippen molar-refractivity contribution in [1.29, 1.82) is 0 Å². The van der Waals surface area contributed by atoms with Crippen molar-refractivity contribution >= 4 is 40.2 Å². The number of nitrogens with one attached hydrogen (secondary N) is 2. The Bertz CT molecular complexity index is 1270. The molecule has 0 saturated heterocycles. The third kappa shape index (κ3) is 4.41. The zero-order valence-electron chi connectivity index (χ0n) is 16.8. The lowest BCUT2D eigenvalue weighted by molar-refractivity contribution is -0.123. The number of imidazole rings is 1. The molecule has 0 aliphatic carbocycles. The van der Waals surface area contributed by atoms with Crippen molar-refractivity contribution < 1.29 is 14.3 Å². The minimum Gasteiger partial charge on any atom is -0.449 e. The van der Waals surface area contributed by atoms with Gasteiger partial charge in [0.1, 0.15) is 5.82 Å². The van der Waals surface area contributed by atoms with Crippen LogP contribution in [-0.4, -0.2) is 32.9 Å². The smallest absolute Gasteiger partial charge is 0.338 e. The molecule has 156 valence electrons. The van der Waals surface area contributed by atoms with Crippen molar-refractivity contribution in [3.05, 3.63) is 77.1 Å². The molecule has 31 heavy (non-hydrogen) atoms. The number of amides is 1. The molecule has 4 rings (SSSR count). The molecule has 0 aliphatic heterocycles. The lowest BCUT2D eigenvalue weighted by Gasteiger charge is -2.15. The van der Waals surface area contributed by atoms with Gasteiger partial charge < -0.3 is 15.0 Å². The summed E-state index contributed by atoms with van der Waals surface area (Å²) in [6, 6.07) is 13.9. The Morgan fingerprint density at radius 2 is 2.00 bits per heavy atom. The summed E-state index contributed by atoms with van der Waals surface area (Å²) >= 11 is 6.08. The average Bonchev–Trinajstić information content (AvgIpc) is 3.21. The van der Waals surface area contributed by atoms with Gasteiger partial charge in [-0.2, -0.15) is 0 Å². The second-order valence-electron chi connectivity index (χ2n) is 7.01. The molecule has 8 heteroatoms. The molecule has 0 fully saturated rings. The van der Waals surface area contributed by atoms with Crippen LogP contribution in [0.4, 0.5) is 5.69 Å². The molecule has 2 aromatic carbocycles. The van der Waals surface area contributed by atoms with Crippen LogP contribution in [0.2, 0.25) is 5.02 Å². The number of hydrogen-bond donors (Lipinski definition) is 2. The van der Waals surface area contributed by atoms with Gasteiger partial charge in [-0.1, -0.05) is 17.7 Å². The summed E-state index contributed by atoms with van der Waals surface area (Å²) in [4.78, 5) is 36.8. The number of halogens is 1. The number of H-pyrrole nitrogens is 1. The molecule has 0 spiro atoms. The lowest BCUT2D eigenvalue weighted by atomic mass is 10.2. The van der Waals surface area contributed by atoms with Gasteiger partial charge in [0.05, 0.1) is 16.6 Å². The van der Waals surface area contributed by atoms with Gasteiger partial charge in [0.15, 0.2) is 6.10 Å². The van der Waals surface area contributed by atoms with E-state index in [1.54, 1.807) is 55.7 Å².